The van der Waals surface area contributed by atoms with Gasteiger partial charge in [0.1, 0.15) is 0 Å². The van der Waals surface area contributed by atoms with Gasteiger partial charge in [-0.25, -0.2) is 0 Å². The van der Waals surface area contributed by atoms with Crippen LogP contribution in [0.4, 0.5) is 0 Å². The summed E-state index contributed by atoms with van der Waals surface area (Å²) in [6.07, 6.45) is 13.2. The van der Waals surface area contributed by atoms with E-state index < -0.39 is 0 Å². The van der Waals surface area contributed by atoms with Gasteiger partial charge in [0.15, 0.2) is 0 Å². The Morgan fingerprint density at radius 3 is 2.15 bits per heavy atom. The van der Waals surface area contributed by atoms with Gasteiger partial charge < -0.3 is 0 Å². The predicted octanol–water partition coefficient (Wildman–Crippen LogP) is 8.81. The maximum Gasteiger partial charge on any atom is 0.0444 e. The zero-order valence-electron chi connectivity index (χ0n) is 17.1. The molecule has 146 valence electrons. The molecule has 0 atom stereocenters. The first-order valence-electron chi connectivity index (χ1n) is 11.1. The zero-order chi connectivity index (χ0) is 19.1. The topological polar surface area (TPSA) is 0 Å². The first-order valence-corrected chi connectivity index (χ1v) is 11.5. The fourth-order valence-electron chi connectivity index (χ4n) is 4.64. The highest BCUT2D eigenvalue weighted by molar-refractivity contribution is 6.31. The lowest BCUT2D eigenvalue weighted by molar-refractivity contribution is 0.308. The van der Waals surface area contributed by atoms with Gasteiger partial charge in [-0.3, -0.25) is 0 Å². The standard InChI is InChI=1S/C26H35Cl/c1-3-5-6-8-24-17-18-25(19-26(24)27)23-15-13-22(14-16-23)21-11-9-20(7-4-2)10-12-21/h13-21H,3-12H2,1-2H3. The van der Waals surface area contributed by atoms with Crippen molar-refractivity contribution >= 4 is 11.6 Å². The second-order valence-electron chi connectivity index (χ2n) is 8.39. The molecule has 1 aliphatic carbocycles. The van der Waals surface area contributed by atoms with Crippen LogP contribution in [0.3, 0.4) is 0 Å². The Morgan fingerprint density at radius 2 is 1.52 bits per heavy atom. The van der Waals surface area contributed by atoms with Gasteiger partial charge >= 0.3 is 0 Å². The molecule has 0 bridgehead atoms. The normalized spacial score (nSPS) is 20.0. The first kappa shape index (κ1) is 20.5. The minimum Gasteiger partial charge on any atom is -0.0840 e. The van der Waals surface area contributed by atoms with Crippen LogP contribution in [0.5, 0.6) is 0 Å². The molecule has 0 radical (unpaired) electrons. The van der Waals surface area contributed by atoms with Gasteiger partial charge in [-0.05, 0) is 78.7 Å². The Morgan fingerprint density at radius 1 is 0.815 bits per heavy atom. The first-order chi connectivity index (χ1) is 13.2. The van der Waals surface area contributed by atoms with Crippen LogP contribution in [-0.4, -0.2) is 0 Å². The van der Waals surface area contributed by atoms with Gasteiger partial charge in [-0.15, -0.1) is 0 Å². The summed E-state index contributed by atoms with van der Waals surface area (Å²) in [6, 6.07) is 15.9. The summed E-state index contributed by atoms with van der Waals surface area (Å²) in [5.41, 5.74) is 5.32. The minimum atomic E-state index is 0.761. The summed E-state index contributed by atoms with van der Waals surface area (Å²) in [6.45, 7) is 4.56. The molecule has 0 N–H and O–H groups in total. The molecule has 2 aromatic rings. The maximum atomic E-state index is 6.55. The van der Waals surface area contributed by atoms with Crippen LogP contribution in [0, 0.1) is 5.92 Å². The summed E-state index contributed by atoms with van der Waals surface area (Å²) < 4.78 is 0. The summed E-state index contributed by atoms with van der Waals surface area (Å²) in [5, 5.41) is 0.918. The third kappa shape index (κ3) is 5.61. The molecule has 2 aromatic carbocycles. The average Bonchev–Trinajstić information content (AvgIpc) is 2.70. The highest BCUT2D eigenvalue weighted by atomic mass is 35.5. The van der Waals surface area contributed by atoms with Crippen molar-refractivity contribution in [3.63, 3.8) is 0 Å². The van der Waals surface area contributed by atoms with E-state index in [0.717, 1.165) is 23.3 Å². The van der Waals surface area contributed by atoms with Gasteiger partial charge in [0.25, 0.3) is 0 Å². The monoisotopic (exact) mass is 382 g/mol. The average molecular weight is 383 g/mol. The molecule has 0 nitrogen and oxygen atoms in total. The fourth-order valence-corrected chi connectivity index (χ4v) is 4.91. The van der Waals surface area contributed by atoms with Crippen molar-refractivity contribution in [2.45, 2.75) is 84.0 Å². The third-order valence-electron chi connectivity index (χ3n) is 6.36. The number of rotatable bonds is 8. The second kappa shape index (κ2) is 10.3. The molecule has 1 heteroatoms. The largest absolute Gasteiger partial charge is 0.0840 e. The van der Waals surface area contributed by atoms with Crippen molar-refractivity contribution < 1.29 is 0 Å². The molecule has 0 amide bonds. The lowest BCUT2D eigenvalue weighted by Gasteiger charge is -2.28. The van der Waals surface area contributed by atoms with Crippen LogP contribution in [0.2, 0.25) is 5.02 Å². The Hall–Kier alpha value is -1.27. The summed E-state index contributed by atoms with van der Waals surface area (Å²) in [5.74, 6) is 1.74. The second-order valence-corrected chi connectivity index (χ2v) is 8.80. The van der Waals surface area contributed by atoms with Gasteiger partial charge in [0.2, 0.25) is 0 Å². The molecule has 3 rings (SSSR count). The molecule has 0 heterocycles. The lowest BCUT2D eigenvalue weighted by Crippen LogP contribution is -2.13. The highest BCUT2D eigenvalue weighted by Crippen LogP contribution is 2.38. The number of halogens is 1. The van der Waals surface area contributed by atoms with Crippen molar-refractivity contribution in [1.82, 2.24) is 0 Å². The van der Waals surface area contributed by atoms with Crippen LogP contribution in [0.15, 0.2) is 42.5 Å². The molecule has 0 aromatic heterocycles. The van der Waals surface area contributed by atoms with E-state index in [2.05, 4.69) is 56.3 Å². The van der Waals surface area contributed by atoms with E-state index in [0.29, 0.717) is 0 Å². The van der Waals surface area contributed by atoms with Gasteiger partial charge in [0, 0.05) is 5.02 Å². The fraction of sp³-hybridized carbons (Fsp3) is 0.538. The molecule has 27 heavy (non-hydrogen) atoms. The van der Waals surface area contributed by atoms with E-state index in [4.69, 9.17) is 11.6 Å². The summed E-state index contributed by atoms with van der Waals surface area (Å²) in [4.78, 5) is 0. The zero-order valence-corrected chi connectivity index (χ0v) is 17.9. The van der Waals surface area contributed by atoms with Crippen LogP contribution >= 0.6 is 11.6 Å². The van der Waals surface area contributed by atoms with Gasteiger partial charge in [-0.1, -0.05) is 87.5 Å². The van der Waals surface area contributed by atoms with E-state index >= 15 is 0 Å². The number of unbranched alkanes of at least 4 members (excludes halogenated alkanes) is 2. The molecule has 1 fully saturated rings. The van der Waals surface area contributed by atoms with E-state index in [1.165, 1.54) is 80.0 Å². The molecule has 0 aliphatic heterocycles. The molecule has 0 unspecified atom stereocenters. The van der Waals surface area contributed by atoms with Crippen LogP contribution in [0.1, 0.15) is 88.7 Å². The van der Waals surface area contributed by atoms with Crippen LogP contribution in [-0.2, 0) is 6.42 Å². The number of benzene rings is 2. The van der Waals surface area contributed by atoms with E-state index in [1.807, 2.05) is 0 Å². The van der Waals surface area contributed by atoms with Crippen molar-refractivity contribution in [3.8, 4) is 11.1 Å². The summed E-state index contributed by atoms with van der Waals surface area (Å²) in [7, 11) is 0. The predicted molar refractivity (Wildman–Crippen MR) is 120 cm³/mol. The number of hydrogen-bond donors (Lipinski definition) is 0. The Kier molecular flexibility index (Phi) is 7.82. The maximum absolute atomic E-state index is 6.55. The molecule has 1 aliphatic rings. The van der Waals surface area contributed by atoms with Crippen LogP contribution < -0.4 is 0 Å². The summed E-state index contributed by atoms with van der Waals surface area (Å²) >= 11 is 6.55. The number of aryl methyl sites for hydroxylation is 1. The van der Waals surface area contributed by atoms with Crippen molar-refractivity contribution in [2.75, 3.05) is 0 Å². The molecule has 1 saturated carbocycles. The smallest absolute Gasteiger partial charge is 0.0444 e. The van der Waals surface area contributed by atoms with Gasteiger partial charge in [0.05, 0.1) is 0 Å². The number of hydrogen-bond acceptors (Lipinski definition) is 0. The quantitative estimate of drug-likeness (QED) is 0.400. The van der Waals surface area contributed by atoms with Gasteiger partial charge in [-0.2, -0.15) is 0 Å². The van der Waals surface area contributed by atoms with Crippen molar-refractivity contribution in [1.29, 1.82) is 0 Å². The van der Waals surface area contributed by atoms with E-state index in [-0.39, 0.29) is 0 Å². The van der Waals surface area contributed by atoms with Crippen molar-refractivity contribution in [2.24, 2.45) is 5.92 Å². The molecular formula is C26H35Cl. The Labute approximate surface area is 171 Å². The molecule has 0 spiro atoms. The van der Waals surface area contributed by atoms with E-state index in [9.17, 15) is 0 Å². The van der Waals surface area contributed by atoms with E-state index in [1.54, 1.807) is 0 Å². The van der Waals surface area contributed by atoms with Crippen LogP contribution in [0.25, 0.3) is 11.1 Å². The Balaban J connectivity index is 1.63. The SMILES string of the molecule is CCCCCc1ccc(-c2ccc(C3CCC(CCC)CC3)cc2)cc1Cl. The lowest BCUT2D eigenvalue weighted by atomic mass is 9.77. The Bertz CT molecular complexity index is 693. The third-order valence-corrected chi connectivity index (χ3v) is 6.71. The highest BCUT2D eigenvalue weighted by Gasteiger charge is 2.21. The minimum absolute atomic E-state index is 0.761. The molecular weight excluding hydrogens is 348 g/mol. The molecule has 0 saturated heterocycles. The van der Waals surface area contributed by atoms with Crippen molar-refractivity contribution in [3.05, 3.63) is 58.6 Å².